The van der Waals surface area contributed by atoms with Crippen molar-refractivity contribution >= 4 is 18.9 Å². The zero-order valence-electron chi connectivity index (χ0n) is 5.94. The van der Waals surface area contributed by atoms with Crippen LogP contribution in [0.2, 0.25) is 0 Å². The minimum absolute atomic E-state index is 0.214. The van der Waals surface area contributed by atoms with Crippen LogP contribution < -0.4 is 5.46 Å². The van der Waals surface area contributed by atoms with E-state index in [1.165, 1.54) is 0 Å². The Morgan fingerprint density at radius 1 is 1.50 bits per heavy atom. The van der Waals surface area contributed by atoms with Gasteiger partial charge in [0.25, 0.3) is 0 Å². The predicted octanol–water partition coefficient (Wildman–Crippen LogP) is -1.29. The highest BCUT2D eigenvalue weighted by molar-refractivity contribution is 6.59. The number of carbonyl (C=O) groups is 1. The minimum atomic E-state index is -1.88. The normalized spacial score (nSPS) is 9.58. The molecule has 0 aromatic carbocycles. The Kier molecular flexibility index (Phi) is 2.52. The second kappa shape index (κ2) is 3.42. The molecule has 0 aliphatic carbocycles. The first-order valence-electron chi connectivity index (χ1n) is 3.11. The number of hydrogen-bond acceptors (Lipinski definition) is 4. The molecule has 0 fully saturated rings. The Morgan fingerprint density at radius 3 is 2.58 bits per heavy atom. The summed E-state index contributed by atoms with van der Waals surface area (Å²) in [6, 6.07) is 0. The van der Waals surface area contributed by atoms with Gasteiger partial charge in [-0.1, -0.05) is 0 Å². The zero-order valence-corrected chi connectivity index (χ0v) is 5.94. The van der Waals surface area contributed by atoms with Crippen molar-refractivity contribution < 1.29 is 19.2 Å². The number of halogens is 1. The molecule has 0 spiro atoms. The van der Waals surface area contributed by atoms with Crippen molar-refractivity contribution in [3.05, 3.63) is 23.8 Å². The van der Waals surface area contributed by atoms with Gasteiger partial charge < -0.3 is 10.0 Å². The molecule has 12 heavy (non-hydrogen) atoms. The van der Waals surface area contributed by atoms with E-state index >= 15 is 0 Å². The fourth-order valence-electron chi connectivity index (χ4n) is 0.790. The maximum absolute atomic E-state index is 12.7. The molecular formula is C6H5BFNO3. The maximum Gasteiger partial charge on any atom is 0.490 e. The minimum Gasteiger partial charge on any atom is -0.423 e. The molecule has 0 saturated carbocycles. The van der Waals surface area contributed by atoms with Crippen LogP contribution in [0.25, 0.3) is 0 Å². The quantitative estimate of drug-likeness (QED) is 0.427. The molecule has 1 rings (SSSR count). The number of aldehydes is 1. The van der Waals surface area contributed by atoms with Gasteiger partial charge in [-0.3, -0.25) is 9.78 Å². The molecule has 0 atom stereocenters. The van der Waals surface area contributed by atoms with Crippen molar-refractivity contribution in [2.75, 3.05) is 0 Å². The monoisotopic (exact) mass is 169 g/mol. The molecule has 0 aliphatic heterocycles. The second-order valence-corrected chi connectivity index (χ2v) is 2.12. The predicted molar refractivity (Wildman–Crippen MR) is 39.4 cm³/mol. The summed E-state index contributed by atoms with van der Waals surface area (Å²) in [6.07, 6.45) is 2.07. The maximum atomic E-state index is 12.7. The van der Waals surface area contributed by atoms with Gasteiger partial charge in [-0.05, 0) is 0 Å². The van der Waals surface area contributed by atoms with E-state index in [2.05, 4.69) is 4.98 Å². The molecule has 0 amide bonds. The highest BCUT2D eigenvalue weighted by Crippen LogP contribution is 1.98. The number of pyridine rings is 1. The molecule has 1 aromatic heterocycles. The van der Waals surface area contributed by atoms with E-state index in [1.54, 1.807) is 0 Å². The standard InChI is InChI=1S/C6H5BFNO3/c8-6-2-9-1-5(7(11)12)4(6)3-10/h1-3,11-12H. The summed E-state index contributed by atoms with van der Waals surface area (Å²) in [6.45, 7) is 0. The summed E-state index contributed by atoms with van der Waals surface area (Å²) in [5.41, 5.74) is -0.606. The highest BCUT2D eigenvalue weighted by Gasteiger charge is 2.18. The number of nitrogens with zero attached hydrogens (tertiary/aromatic N) is 1. The summed E-state index contributed by atoms with van der Waals surface area (Å²) in [5, 5.41) is 17.3. The van der Waals surface area contributed by atoms with E-state index in [-0.39, 0.29) is 17.3 Å². The van der Waals surface area contributed by atoms with E-state index in [9.17, 15) is 9.18 Å². The first-order valence-corrected chi connectivity index (χ1v) is 3.11. The zero-order chi connectivity index (χ0) is 9.14. The smallest absolute Gasteiger partial charge is 0.423 e. The van der Waals surface area contributed by atoms with Crippen LogP contribution in [0.5, 0.6) is 0 Å². The first-order chi connectivity index (χ1) is 5.66. The fourth-order valence-corrected chi connectivity index (χ4v) is 0.790. The van der Waals surface area contributed by atoms with Crippen LogP contribution in [0.15, 0.2) is 12.4 Å². The van der Waals surface area contributed by atoms with Crippen molar-refractivity contribution in [2.24, 2.45) is 0 Å². The first kappa shape index (κ1) is 8.83. The Labute approximate surface area is 67.8 Å². The Balaban J connectivity index is 3.27. The molecule has 62 valence electrons. The summed E-state index contributed by atoms with van der Waals surface area (Å²) in [7, 11) is -1.88. The summed E-state index contributed by atoms with van der Waals surface area (Å²) >= 11 is 0. The van der Waals surface area contributed by atoms with Gasteiger partial charge in [0.1, 0.15) is 0 Å². The lowest BCUT2D eigenvalue weighted by Gasteiger charge is -2.01. The van der Waals surface area contributed by atoms with Crippen molar-refractivity contribution in [1.82, 2.24) is 4.98 Å². The average Bonchev–Trinajstić information content (AvgIpc) is 2.03. The molecule has 0 unspecified atom stereocenters. The Morgan fingerprint density at radius 2 is 2.17 bits per heavy atom. The van der Waals surface area contributed by atoms with Crippen molar-refractivity contribution in [2.45, 2.75) is 0 Å². The fraction of sp³-hybridized carbons (Fsp3) is 0. The van der Waals surface area contributed by atoms with Crippen molar-refractivity contribution in [1.29, 1.82) is 0 Å². The lowest BCUT2D eigenvalue weighted by atomic mass is 9.78. The van der Waals surface area contributed by atoms with Crippen molar-refractivity contribution in [3.63, 3.8) is 0 Å². The van der Waals surface area contributed by atoms with E-state index < -0.39 is 12.9 Å². The van der Waals surface area contributed by atoms with Crippen LogP contribution in [0.1, 0.15) is 10.4 Å². The average molecular weight is 169 g/mol. The van der Waals surface area contributed by atoms with E-state index in [4.69, 9.17) is 10.0 Å². The lowest BCUT2D eigenvalue weighted by molar-refractivity contribution is 0.112. The highest BCUT2D eigenvalue weighted by atomic mass is 19.1. The van der Waals surface area contributed by atoms with Crippen LogP contribution in [-0.4, -0.2) is 28.4 Å². The molecular weight excluding hydrogens is 164 g/mol. The van der Waals surface area contributed by atoms with Gasteiger partial charge in [-0.15, -0.1) is 0 Å². The Bertz CT molecular complexity index is 305. The Hall–Kier alpha value is -1.27. The molecule has 0 saturated heterocycles. The van der Waals surface area contributed by atoms with E-state index in [1.807, 2.05) is 0 Å². The molecule has 1 aromatic rings. The SMILES string of the molecule is O=Cc1c(F)cncc1B(O)O. The van der Waals surface area contributed by atoms with E-state index in [0.29, 0.717) is 0 Å². The van der Waals surface area contributed by atoms with Crippen LogP contribution in [0, 0.1) is 5.82 Å². The van der Waals surface area contributed by atoms with Gasteiger partial charge in [0.2, 0.25) is 0 Å². The van der Waals surface area contributed by atoms with Crippen molar-refractivity contribution in [3.8, 4) is 0 Å². The molecule has 6 heteroatoms. The number of aromatic nitrogens is 1. The third kappa shape index (κ3) is 1.49. The molecule has 0 radical (unpaired) electrons. The van der Waals surface area contributed by atoms with Gasteiger partial charge in [-0.25, -0.2) is 4.39 Å². The molecule has 0 aliphatic rings. The molecule has 2 N–H and O–H groups in total. The topological polar surface area (TPSA) is 70.4 Å². The summed E-state index contributed by atoms with van der Waals surface area (Å²) in [4.78, 5) is 13.6. The van der Waals surface area contributed by atoms with Gasteiger partial charge in [0.05, 0.1) is 11.8 Å². The van der Waals surface area contributed by atoms with E-state index in [0.717, 1.165) is 12.4 Å². The van der Waals surface area contributed by atoms with Crippen LogP contribution >= 0.6 is 0 Å². The number of carbonyl (C=O) groups excluding carboxylic acids is 1. The summed E-state index contributed by atoms with van der Waals surface area (Å²) in [5.74, 6) is -0.865. The number of hydrogen-bond donors (Lipinski definition) is 2. The third-order valence-electron chi connectivity index (χ3n) is 1.37. The van der Waals surface area contributed by atoms with Crippen LogP contribution in [-0.2, 0) is 0 Å². The largest absolute Gasteiger partial charge is 0.490 e. The second-order valence-electron chi connectivity index (χ2n) is 2.12. The molecule has 0 bridgehead atoms. The lowest BCUT2D eigenvalue weighted by Crippen LogP contribution is -2.34. The summed E-state index contributed by atoms with van der Waals surface area (Å²) < 4.78 is 12.7. The van der Waals surface area contributed by atoms with Gasteiger partial charge in [-0.2, -0.15) is 0 Å². The third-order valence-corrected chi connectivity index (χ3v) is 1.37. The van der Waals surface area contributed by atoms with Gasteiger partial charge in [0, 0.05) is 11.7 Å². The number of rotatable bonds is 2. The van der Waals surface area contributed by atoms with Crippen LogP contribution in [0.4, 0.5) is 4.39 Å². The molecule has 1 heterocycles. The van der Waals surface area contributed by atoms with Gasteiger partial charge in [0.15, 0.2) is 12.1 Å². The molecule has 4 nitrogen and oxygen atoms in total. The van der Waals surface area contributed by atoms with Crippen LogP contribution in [0.3, 0.4) is 0 Å². The van der Waals surface area contributed by atoms with Gasteiger partial charge >= 0.3 is 7.12 Å².